The van der Waals surface area contributed by atoms with Crippen molar-refractivity contribution in [2.75, 3.05) is 11.6 Å². The zero-order valence-electron chi connectivity index (χ0n) is 14.2. The lowest BCUT2D eigenvalue weighted by atomic mass is 10.2. The van der Waals surface area contributed by atoms with Crippen molar-refractivity contribution >= 4 is 34.4 Å². The van der Waals surface area contributed by atoms with Crippen molar-refractivity contribution in [3.05, 3.63) is 64.6 Å². The molecule has 6 heteroatoms. The summed E-state index contributed by atoms with van der Waals surface area (Å²) in [7, 11) is 1.73. The third-order valence-corrected chi connectivity index (χ3v) is 4.72. The summed E-state index contributed by atoms with van der Waals surface area (Å²) in [5.74, 6) is -0.129. The zero-order chi connectivity index (χ0) is 17.8. The van der Waals surface area contributed by atoms with Crippen LogP contribution in [-0.2, 0) is 18.3 Å². The van der Waals surface area contributed by atoms with E-state index < -0.39 is 0 Å². The van der Waals surface area contributed by atoms with Crippen molar-refractivity contribution < 1.29 is 4.79 Å². The van der Waals surface area contributed by atoms with Gasteiger partial charge in [-0.1, -0.05) is 18.2 Å². The van der Waals surface area contributed by atoms with Gasteiger partial charge in [-0.25, -0.2) is 4.98 Å². The molecular formula is C19H19N3O2S. The van der Waals surface area contributed by atoms with Gasteiger partial charge in [0.15, 0.2) is 0 Å². The normalized spacial score (nSPS) is 10.8. The maximum Gasteiger partial charge on any atom is 0.272 e. The number of amides is 1. The summed E-state index contributed by atoms with van der Waals surface area (Å²) in [6.07, 6.45) is 2.51. The molecule has 0 spiro atoms. The van der Waals surface area contributed by atoms with Crippen LogP contribution < -0.4 is 10.9 Å². The van der Waals surface area contributed by atoms with Crippen LogP contribution in [0.3, 0.4) is 0 Å². The number of nitrogens with zero attached hydrogens (tertiary/aromatic N) is 2. The molecule has 0 aliphatic rings. The SMILES string of the molecule is CSc1cccc(NC(=O)CCc2nc3ccccc3n(C)c2=O)c1. The minimum absolute atomic E-state index is 0.129. The lowest BCUT2D eigenvalue weighted by Gasteiger charge is -2.08. The van der Waals surface area contributed by atoms with Gasteiger partial charge in [-0.05, 0) is 36.6 Å². The molecule has 0 aliphatic heterocycles. The van der Waals surface area contributed by atoms with Gasteiger partial charge in [0.05, 0.1) is 11.0 Å². The summed E-state index contributed by atoms with van der Waals surface area (Å²) in [6, 6.07) is 15.2. The molecule has 3 aromatic rings. The number of rotatable bonds is 5. The summed E-state index contributed by atoms with van der Waals surface area (Å²) < 4.78 is 1.58. The summed E-state index contributed by atoms with van der Waals surface area (Å²) in [5, 5.41) is 2.87. The molecule has 0 saturated carbocycles. The second-order valence-corrected chi connectivity index (χ2v) is 6.57. The molecule has 0 bridgehead atoms. The Hall–Kier alpha value is -2.60. The van der Waals surface area contributed by atoms with Gasteiger partial charge >= 0.3 is 0 Å². The molecule has 0 atom stereocenters. The fourth-order valence-electron chi connectivity index (χ4n) is 2.66. The summed E-state index contributed by atoms with van der Waals surface area (Å²) in [4.78, 5) is 30.1. The Balaban J connectivity index is 1.73. The number of aromatic nitrogens is 2. The number of hydrogen-bond acceptors (Lipinski definition) is 4. The van der Waals surface area contributed by atoms with Gasteiger partial charge < -0.3 is 9.88 Å². The average Bonchev–Trinajstić information content (AvgIpc) is 2.63. The van der Waals surface area contributed by atoms with E-state index in [1.165, 1.54) is 0 Å². The molecule has 2 aromatic carbocycles. The van der Waals surface area contributed by atoms with Gasteiger partial charge in [0.25, 0.3) is 5.56 Å². The monoisotopic (exact) mass is 353 g/mol. The topological polar surface area (TPSA) is 64.0 Å². The van der Waals surface area contributed by atoms with Crippen LogP contribution >= 0.6 is 11.8 Å². The molecule has 0 radical (unpaired) electrons. The molecule has 1 amide bonds. The molecule has 1 N–H and O–H groups in total. The van der Waals surface area contributed by atoms with Crippen molar-refractivity contribution in [2.45, 2.75) is 17.7 Å². The number of thioether (sulfide) groups is 1. The molecule has 25 heavy (non-hydrogen) atoms. The van der Waals surface area contributed by atoms with E-state index in [2.05, 4.69) is 10.3 Å². The number of nitrogens with one attached hydrogen (secondary N) is 1. The highest BCUT2D eigenvalue weighted by Crippen LogP contribution is 2.19. The van der Waals surface area contributed by atoms with E-state index in [0.29, 0.717) is 12.1 Å². The Morgan fingerprint density at radius 1 is 1.20 bits per heavy atom. The Morgan fingerprint density at radius 3 is 2.80 bits per heavy atom. The summed E-state index contributed by atoms with van der Waals surface area (Å²) in [6.45, 7) is 0. The lowest BCUT2D eigenvalue weighted by molar-refractivity contribution is -0.116. The number of aryl methyl sites for hydroxylation is 2. The van der Waals surface area contributed by atoms with E-state index in [1.54, 1.807) is 23.4 Å². The van der Waals surface area contributed by atoms with Crippen LogP contribution in [0.4, 0.5) is 5.69 Å². The van der Waals surface area contributed by atoms with Crippen molar-refractivity contribution in [1.29, 1.82) is 0 Å². The molecule has 0 unspecified atom stereocenters. The fraction of sp³-hybridized carbons (Fsp3) is 0.211. The van der Waals surface area contributed by atoms with Crippen molar-refractivity contribution in [1.82, 2.24) is 9.55 Å². The highest BCUT2D eigenvalue weighted by atomic mass is 32.2. The number of carbonyl (C=O) groups is 1. The zero-order valence-corrected chi connectivity index (χ0v) is 15.0. The van der Waals surface area contributed by atoms with Gasteiger partial charge in [-0.3, -0.25) is 9.59 Å². The predicted octanol–water partition coefficient (Wildman–Crippen LogP) is 3.23. The Morgan fingerprint density at radius 2 is 2.00 bits per heavy atom. The molecule has 1 heterocycles. The first-order valence-corrected chi connectivity index (χ1v) is 9.19. The minimum atomic E-state index is -0.157. The van der Waals surface area contributed by atoms with Crippen LogP contribution in [0.5, 0.6) is 0 Å². The Labute approximate surface area is 150 Å². The van der Waals surface area contributed by atoms with Crippen LogP contribution in [0.2, 0.25) is 0 Å². The number of fused-ring (bicyclic) bond motifs is 1. The smallest absolute Gasteiger partial charge is 0.272 e. The third kappa shape index (κ3) is 3.91. The molecular weight excluding hydrogens is 334 g/mol. The summed E-state index contributed by atoms with van der Waals surface area (Å²) in [5.41, 5.74) is 2.56. The molecule has 0 aliphatic carbocycles. The molecule has 3 rings (SSSR count). The van der Waals surface area contributed by atoms with Gasteiger partial charge in [0.2, 0.25) is 5.91 Å². The first-order chi connectivity index (χ1) is 12.1. The van der Waals surface area contributed by atoms with Crippen molar-refractivity contribution in [3.8, 4) is 0 Å². The van der Waals surface area contributed by atoms with E-state index in [1.807, 2.05) is 54.8 Å². The number of carbonyl (C=O) groups excluding carboxylic acids is 1. The van der Waals surface area contributed by atoms with Gasteiger partial charge in [-0.15, -0.1) is 11.8 Å². The fourth-order valence-corrected chi connectivity index (χ4v) is 3.12. The maximum absolute atomic E-state index is 12.4. The molecule has 128 valence electrons. The van der Waals surface area contributed by atoms with E-state index >= 15 is 0 Å². The highest BCUT2D eigenvalue weighted by molar-refractivity contribution is 7.98. The second-order valence-electron chi connectivity index (χ2n) is 5.69. The largest absolute Gasteiger partial charge is 0.326 e. The lowest BCUT2D eigenvalue weighted by Crippen LogP contribution is -2.24. The van der Waals surface area contributed by atoms with Crippen LogP contribution in [0.1, 0.15) is 12.1 Å². The van der Waals surface area contributed by atoms with Crippen LogP contribution in [0.25, 0.3) is 11.0 Å². The van der Waals surface area contributed by atoms with E-state index in [0.717, 1.165) is 21.6 Å². The van der Waals surface area contributed by atoms with Crippen LogP contribution in [0.15, 0.2) is 58.2 Å². The Kier molecular flexibility index (Phi) is 5.19. The maximum atomic E-state index is 12.4. The van der Waals surface area contributed by atoms with Gasteiger partial charge in [0, 0.05) is 30.5 Å². The number of hydrogen-bond donors (Lipinski definition) is 1. The molecule has 0 fully saturated rings. The average molecular weight is 353 g/mol. The quantitative estimate of drug-likeness (QED) is 0.715. The second kappa shape index (κ2) is 7.53. The van der Waals surface area contributed by atoms with Crippen LogP contribution in [0, 0.1) is 0 Å². The highest BCUT2D eigenvalue weighted by Gasteiger charge is 2.11. The molecule has 5 nitrogen and oxygen atoms in total. The van der Waals surface area contributed by atoms with Gasteiger partial charge in [-0.2, -0.15) is 0 Å². The van der Waals surface area contributed by atoms with Gasteiger partial charge in [0.1, 0.15) is 5.69 Å². The van der Waals surface area contributed by atoms with Crippen LogP contribution in [-0.4, -0.2) is 21.7 Å². The standard InChI is InChI=1S/C19H19N3O2S/c1-22-17-9-4-3-8-15(17)21-16(19(22)24)10-11-18(23)20-13-6-5-7-14(12-13)25-2/h3-9,12H,10-11H2,1-2H3,(H,20,23). The van der Waals surface area contributed by atoms with E-state index in [9.17, 15) is 9.59 Å². The minimum Gasteiger partial charge on any atom is -0.326 e. The van der Waals surface area contributed by atoms with Crippen molar-refractivity contribution in [2.24, 2.45) is 7.05 Å². The first-order valence-electron chi connectivity index (χ1n) is 7.97. The first kappa shape index (κ1) is 17.2. The van der Waals surface area contributed by atoms with E-state index in [4.69, 9.17) is 0 Å². The molecule has 1 aromatic heterocycles. The van der Waals surface area contributed by atoms with Crippen molar-refractivity contribution in [3.63, 3.8) is 0 Å². The third-order valence-electron chi connectivity index (χ3n) is 3.99. The summed E-state index contributed by atoms with van der Waals surface area (Å²) >= 11 is 1.62. The Bertz CT molecular complexity index is 982. The predicted molar refractivity (Wildman–Crippen MR) is 102 cm³/mol. The molecule has 0 saturated heterocycles. The number of anilines is 1. The van der Waals surface area contributed by atoms with E-state index in [-0.39, 0.29) is 17.9 Å². The number of para-hydroxylation sites is 2. The number of benzene rings is 2.